The van der Waals surface area contributed by atoms with Crippen molar-refractivity contribution in [2.24, 2.45) is 7.05 Å². The number of hydrogen-bond donors (Lipinski definition) is 2. The number of ether oxygens (including phenoxy) is 3. The zero-order chi connectivity index (χ0) is 29.9. The Kier molecular flexibility index (Phi) is 7.82. The number of methoxy groups -OCH3 is 1. The fraction of sp³-hybridized carbons (Fsp3) is 0.172. The van der Waals surface area contributed by atoms with Gasteiger partial charge in [-0.2, -0.15) is 13.2 Å². The summed E-state index contributed by atoms with van der Waals surface area (Å²) in [7, 11) is 4.82. The van der Waals surface area contributed by atoms with Crippen LogP contribution in [0.5, 0.6) is 23.1 Å². The van der Waals surface area contributed by atoms with E-state index in [0.29, 0.717) is 45.7 Å². The van der Waals surface area contributed by atoms with Crippen molar-refractivity contribution >= 4 is 28.6 Å². The molecule has 3 heterocycles. The highest BCUT2D eigenvalue weighted by molar-refractivity contribution is 5.92. The van der Waals surface area contributed by atoms with Crippen LogP contribution >= 0.6 is 0 Å². The van der Waals surface area contributed by atoms with E-state index in [1.54, 1.807) is 42.5 Å². The van der Waals surface area contributed by atoms with E-state index in [1.165, 1.54) is 38.7 Å². The molecule has 0 unspecified atom stereocenters. The van der Waals surface area contributed by atoms with Crippen LogP contribution in [-0.4, -0.2) is 52.4 Å². The monoisotopic (exact) mass is 582 g/mol. The van der Waals surface area contributed by atoms with Crippen LogP contribution in [-0.2, 0) is 7.05 Å². The molecule has 5 rings (SSSR count). The van der Waals surface area contributed by atoms with Crippen molar-refractivity contribution in [1.29, 1.82) is 0 Å². The van der Waals surface area contributed by atoms with Crippen LogP contribution in [0.15, 0.2) is 73.1 Å². The molecule has 42 heavy (non-hydrogen) atoms. The van der Waals surface area contributed by atoms with Crippen molar-refractivity contribution < 1.29 is 35.0 Å². The number of anilines is 2. The molecule has 5 aromatic rings. The molecule has 0 atom stereocenters. The maximum atomic E-state index is 12.9. The molecule has 0 fully saturated rings. The number of carbonyl (C=O) groups excluding carboxylic acids is 1. The van der Waals surface area contributed by atoms with Crippen molar-refractivity contribution in [2.75, 3.05) is 26.1 Å². The topological polar surface area (TPSA) is 112 Å². The SMILES string of the molecule is CNC(=O)c1cc(Oc2ccc3c(c2)nc(Nc2ccc(OCC(F)(F)F)c(-c4ccc(OC)nc4)c2)n3C)ccn1.[HH].[HH]. The minimum atomic E-state index is -4.49. The van der Waals surface area contributed by atoms with Crippen molar-refractivity contribution in [3.05, 3.63) is 78.8 Å². The summed E-state index contributed by atoms with van der Waals surface area (Å²) in [5.41, 5.74) is 3.16. The number of carbonyl (C=O) groups is 1. The number of halogens is 3. The summed E-state index contributed by atoms with van der Waals surface area (Å²) < 4.78 is 56.7. The summed E-state index contributed by atoms with van der Waals surface area (Å²) in [5, 5.41) is 5.75. The van der Waals surface area contributed by atoms with Crippen LogP contribution in [0.3, 0.4) is 0 Å². The van der Waals surface area contributed by atoms with Gasteiger partial charge in [-0.1, -0.05) is 0 Å². The summed E-state index contributed by atoms with van der Waals surface area (Å²) in [6.45, 7) is -1.43. The van der Waals surface area contributed by atoms with E-state index in [2.05, 4.69) is 25.6 Å². The number of fused-ring (bicyclic) bond motifs is 1. The van der Waals surface area contributed by atoms with Gasteiger partial charge in [0.25, 0.3) is 5.91 Å². The van der Waals surface area contributed by atoms with Gasteiger partial charge in [0, 0.05) is 64.4 Å². The van der Waals surface area contributed by atoms with E-state index in [-0.39, 0.29) is 20.2 Å². The van der Waals surface area contributed by atoms with Gasteiger partial charge in [0.05, 0.1) is 18.1 Å². The van der Waals surface area contributed by atoms with Crippen LogP contribution in [0.25, 0.3) is 22.2 Å². The Morgan fingerprint density at radius 1 is 1.02 bits per heavy atom. The fourth-order valence-corrected chi connectivity index (χ4v) is 4.13. The van der Waals surface area contributed by atoms with E-state index >= 15 is 0 Å². The first-order valence-electron chi connectivity index (χ1n) is 12.6. The van der Waals surface area contributed by atoms with Gasteiger partial charge in [-0.15, -0.1) is 0 Å². The van der Waals surface area contributed by atoms with E-state index in [9.17, 15) is 18.0 Å². The van der Waals surface area contributed by atoms with E-state index in [1.807, 2.05) is 17.7 Å². The van der Waals surface area contributed by atoms with Crippen molar-refractivity contribution in [2.45, 2.75) is 6.18 Å². The Labute approximate surface area is 241 Å². The van der Waals surface area contributed by atoms with Crippen molar-refractivity contribution in [3.8, 4) is 34.3 Å². The van der Waals surface area contributed by atoms with Crippen LogP contribution in [0, 0.1) is 0 Å². The molecular weight excluding hydrogens is 553 g/mol. The lowest BCUT2D eigenvalue weighted by atomic mass is 10.1. The minimum Gasteiger partial charge on any atom is -0.483 e. The first-order valence-corrected chi connectivity index (χ1v) is 12.6. The number of pyridine rings is 2. The van der Waals surface area contributed by atoms with Gasteiger partial charge in [0.2, 0.25) is 11.8 Å². The third-order valence-electron chi connectivity index (χ3n) is 6.16. The molecule has 0 spiro atoms. The van der Waals surface area contributed by atoms with E-state index in [4.69, 9.17) is 14.2 Å². The second kappa shape index (κ2) is 11.6. The first kappa shape index (κ1) is 28.2. The third kappa shape index (κ3) is 6.35. The van der Waals surface area contributed by atoms with Gasteiger partial charge in [0.1, 0.15) is 22.9 Å². The number of nitrogens with one attached hydrogen (secondary N) is 2. The molecule has 0 saturated heterocycles. The van der Waals surface area contributed by atoms with Gasteiger partial charge in [0.15, 0.2) is 6.61 Å². The number of hydrogen-bond acceptors (Lipinski definition) is 8. The predicted molar refractivity (Wildman–Crippen MR) is 154 cm³/mol. The van der Waals surface area contributed by atoms with E-state index in [0.717, 1.165) is 5.52 Å². The number of alkyl halides is 3. The van der Waals surface area contributed by atoms with Crippen molar-refractivity contribution in [3.63, 3.8) is 0 Å². The summed E-state index contributed by atoms with van der Waals surface area (Å²) >= 11 is 0. The number of aryl methyl sites for hydroxylation is 1. The normalized spacial score (nSPS) is 11.3. The molecular formula is C29H29F3N6O4. The molecule has 13 heteroatoms. The Morgan fingerprint density at radius 3 is 2.55 bits per heavy atom. The number of aromatic nitrogens is 4. The molecule has 0 aliphatic heterocycles. The zero-order valence-corrected chi connectivity index (χ0v) is 22.7. The smallest absolute Gasteiger partial charge is 0.422 e. The molecule has 0 radical (unpaired) electrons. The molecule has 0 aliphatic rings. The average Bonchev–Trinajstić information content (AvgIpc) is 3.29. The molecule has 0 saturated carbocycles. The molecule has 0 bridgehead atoms. The third-order valence-corrected chi connectivity index (χ3v) is 6.16. The lowest BCUT2D eigenvalue weighted by molar-refractivity contribution is -0.153. The maximum Gasteiger partial charge on any atom is 0.422 e. The number of imidazole rings is 1. The van der Waals surface area contributed by atoms with Crippen LogP contribution in [0.2, 0.25) is 0 Å². The standard InChI is InChI=1S/C29H25F3N6O4.2H2/c1-33-27(39)23-14-20(10-11-34-23)42-19-6-7-24-22(13-19)37-28(38(24)2)36-18-5-8-25(41-16-29(30,31)32)21(12-18)17-4-9-26(40-3)35-15-17;;/h4-15H,16H2,1-3H3,(H,33,39)(H,36,37);2*1H. The van der Waals surface area contributed by atoms with Crippen molar-refractivity contribution in [1.82, 2.24) is 24.8 Å². The second-order valence-electron chi connectivity index (χ2n) is 9.03. The fourth-order valence-electron chi connectivity index (χ4n) is 4.13. The number of benzene rings is 2. The molecule has 220 valence electrons. The zero-order valence-electron chi connectivity index (χ0n) is 22.7. The number of rotatable bonds is 9. The van der Waals surface area contributed by atoms with Crippen LogP contribution < -0.4 is 24.8 Å². The highest BCUT2D eigenvalue weighted by atomic mass is 19.4. The molecule has 10 nitrogen and oxygen atoms in total. The van der Waals surface area contributed by atoms with Crippen LogP contribution in [0.4, 0.5) is 24.8 Å². The summed E-state index contributed by atoms with van der Waals surface area (Å²) in [6.07, 6.45) is -1.52. The highest BCUT2D eigenvalue weighted by Gasteiger charge is 2.29. The average molecular weight is 583 g/mol. The molecule has 2 aromatic carbocycles. The molecule has 2 N–H and O–H groups in total. The van der Waals surface area contributed by atoms with Gasteiger partial charge in [-0.3, -0.25) is 9.78 Å². The van der Waals surface area contributed by atoms with Gasteiger partial charge < -0.3 is 29.4 Å². The number of nitrogens with zero attached hydrogens (tertiary/aromatic N) is 4. The second-order valence-corrected chi connectivity index (χ2v) is 9.03. The summed E-state index contributed by atoms with van der Waals surface area (Å²) in [4.78, 5) is 24.8. The lowest BCUT2D eigenvalue weighted by Gasteiger charge is -2.15. The van der Waals surface area contributed by atoms with Gasteiger partial charge in [-0.25, -0.2) is 9.97 Å². The Bertz CT molecular complexity index is 1750. The Hall–Kier alpha value is -5.33. The molecule has 0 aliphatic carbocycles. The lowest BCUT2D eigenvalue weighted by Crippen LogP contribution is -2.19. The van der Waals surface area contributed by atoms with Gasteiger partial charge in [-0.05, 0) is 42.5 Å². The molecule has 3 aromatic heterocycles. The summed E-state index contributed by atoms with van der Waals surface area (Å²) in [6, 6.07) is 16.6. The minimum absolute atomic E-state index is 0. The maximum absolute atomic E-state index is 12.9. The highest BCUT2D eigenvalue weighted by Crippen LogP contribution is 2.35. The number of amides is 1. The largest absolute Gasteiger partial charge is 0.483 e. The molecule has 1 amide bonds. The van der Waals surface area contributed by atoms with Crippen LogP contribution in [0.1, 0.15) is 13.3 Å². The Balaban J connectivity index is 0.00000264. The quantitative estimate of drug-likeness (QED) is 0.206. The first-order chi connectivity index (χ1) is 20.1. The van der Waals surface area contributed by atoms with Gasteiger partial charge >= 0.3 is 6.18 Å². The summed E-state index contributed by atoms with van der Waals surface area (Å²) in [5.74, 6) is 1.50. The predicted octanol–water partition coefficient (Wildman–Crippen LogP) is 6.37. The van der Waals surface area contributed by atoms with E-state index < -0.39 is 12.8 Å². The Morgan fingerprint density at radius 2 is 1.83 bits per heavy atom.